The molecule has 26 heavy (non-hydrogen) atoms. The van der Waals surface area contributed by atoms with Gasteiger partial charge >= 0.3 is 0 Å². The van der Waals surface area contributed by atoms with Crippen molar-refractivity contribution in [2.24, 2.45) is 5.92 Å². The van der Waals surface area contributed by atoms with Crippen LogP contribution in [-0.4, -0.2) is 37.8 Å². The molecule has 1 unspecified atom stereocenters. The summed E-state index contributed by atoms with van der Waals surface area (Å²) in [6, 6.07) is 3.69. The third-order valence-electron chi connectivity index (χ3n) is 4.61. The molecule has 0 spiro atoms. The van der Waals surface area contributed by atoms with Crippen LogP contribution < -0.4 is 5.32 Å². The third kappa shape index (κ3) is 3.92. The number of hydrogen-bond donors (Lipinski definition) is 1. The summed E-state index contributed by atoms with van der Waals surface area (Å²) in [5.74, 6) is 0.881. The van der Waals surface area contributed by atoms with Gasteiger partial charge in [0.25, 0.3) is 0 Å². The van der Waals surface area contributed by atoms with Crippen LogP contribution in [0.2, 0.25) is 0 Å². The van der Waals surface area contributed by atoms with Gasteiger partial charge in [-0.05, 0) is 18.6 Å². The summed E-state index contributed by atoms with van der Waals surface area (Å²) in [4.78, 5) is 35.1. The summed E-state index contributed by atoms with van der Waals surface area (Å²) in [5, 5.41) is 2.89. The van der Waals surface area contributed by atoms with E-state index in [1.54, 1.807) is 12.4 Å². The minimum absolute atomic E-state index is 0.0308. The van der Waals surface area contributed by atoms with Gasteiger partial charge in [0.1, 0.15) is 5.82 Å². The molecule has 0 fully saturated rings. The first-order chi connectivity index (χ1) is 12.5. The van der Waals surface area contributed by atoms with Crippen LogP contribution in [0.3, 0.4) is 0 Å². The molecule has 0 radical (unpaired) electrons. The summed E-state index contributed by atoms with van der Waals surface area (Å²) in [6.07, 6.45) is 5.59. The van der Waals surface area contributed by atoms with Crippen molar-refractivity contribution in [3.8, 4) is 0 Å². The first-order valence-corrected chi connectivity index (χ1v) is 8.97. The van der Waals surface area contributed by atoms with Crippen molar-refractivity contribution in [1.82, 2.24) is 24.8 Å². The first kappa shape index (κ1) is 18.1. The molecule has 3 rings (SSSR count). The summed E-state index contributed by atoms with van der Waals surface area (Å²) in [5.41, 5.74) is 1.69. The number of fused-ring (bicyclic) bond motifs is 1. The second-order valence-corrected chi connectivity index (χ2v) is 6.96. The van der Waals surface area contributed by atoms with E-state index >= 15 is 0 Å². The highest BCUT2D eigenvalue weighted by Gasteiger charge is 2.30. The van der Waals surface area contributed by atoms with Crippen LogP contribution in [0.4, 0.5) is 0 Å². The van der Waals surface area contributed by atoms with Crippen molar-refractivity contribution in [3.63, 3.8) is 0 Å². The molecule has 1 aliphatic rings. The standard InChI is InChI=1S/C19H25N5O2/c1-13(2)19(26)24-8-7-23-12-16(22-18(23)14(24)3)9-17(25)21-11-15-5-4-6-20-10-15/h4-6,10,12-14H,7-9,11H2,1-3H3,(H,21,25). The maximum atomic E-state index is 12.3. The van der Waals surface area contributed by atoms with Gasteiger partial charge in [0, 0.05) is 44.1 Å². The molecule has 1 N–H and O–H groups in total. The highest BCUT2D eigenvalue weighted by Crippen LogP contribution is 2.26. The Morgan fingerprint density at radius 3 is 2.85 bits per heavy atom. The van der Waals surface area contributed by atoms with Crippen LogP contribution in [0.5, 0.6) is 0 Å². The number of carbonyl (C=O) groups is 2. The lowest BCUT2D eigenvalue weighted by molar-refractivity contribution is -0.137. The Morgan fingerprint density at radius 2 is 2.15 bits per heavy atom. The molecule has 7 heteroatoms. The van der Waals surface area contributed by atoms with Crippen LogP contribution in [0, 0.1) is 5.92 Å². The first-order valence-electron chi connectivity index (χ1n) is 8.97. The smallest absolute Gasteiger partial charge is 0.226 e. The molecule has 2 amide bonds. The summed E-state index contributed by atoms with van der Waals surface area (Å²) < 4.78 is 2.05. The molecule has 0 saturated carbocycles. The van der Waals surface area contributed by atoms with Gasteiger partial charge in [-0.25, -0.2) is 4.98 Å². The van der Waals surface area contributed by atoms with E-state index in [0.29, 0.717) is 19.6 Å². The van der Waals surface area contributed by atoms with Gasteiger partial charge in [0.15, 0.2) is 0 Å². The number of nitrogens with one attached hydrogen (secondary N) is 1. The molecular formula is C19H25N5O2. The highest BCUT2D eigenvalue weighted by molar-refractivity contribution is 5.79. The lowest BCUT2D eigenvalue weighted by Crippen LogP contribution is -2.42. The maximum absolute atomic E-state index is 12.3. The number of imidazole rings is 1. The van der Waals surface area contributed by atoms with Gasteiger partial charge in [0.2, 0.25) is 11.8 Å². The van der Waals surface area contributed by atoms with Crippen LogP contribution >= 0.6 is 0 Å². The Kier molecular flexibility index (Phi) is 5.35. The zero-order chi connectivity index (χ0) is 18.7. The molecule has 2 aromatic heterocycles. The summed E-state index contributed by atoms with van der Waals surface area (Å²) in [6.45, 7) is 7.65. The minimum Gasteiger partial charge on any atom is -0.352 e. The Labute approximate surface area is 153 Å². The molecular weight excluding hydrogens is 330 g/mol. The molecule has 2 aromatic rings. The topological polar surface area (TPSA) is 80.1 Å². The largest absolute Gasteiger partial charge is 0.352 e. The van der Waals surface area contributed by atoms with E-state index < -0.39 is 0 Å². The van der Waals surface area contributed by atoms with E-state index in [0.717, 1.165) is 17.1 Å². The Balaban J connectivity index is 1.62. The van der Waals surface area contributed by atoms with E-state index in [1.165, 1.54) is 0 Å². The maximum Gasteiger partial charge on any atom is 0.226 e. The monoisotopic (exact) mass is 355 g/mol. The van der Waals surface area contributed by atoms with Crippen molar-refractivity contribution < 1.29 is 9.59 Å². The molecule has 0 aromatic carbocycles. The van der Waals surface area contributed by atoms with Crippen molar-refractivity contribution in [1.29, 1.82) is 0 Å². The van der Waals surface area contributed by atoms with Gasteiger partial charge in [0.05, 0.1) is 18.2 Å². The molecule has 0 aliphatic carbocycles. The number of rotatable bonds is 5. The number of nitrogens with zero attached hydrogens (tertiary/aromatic N) is 4. The Bertz CT molecular complexity index is 784. The van der Waals surface area contributed by atoms with Gasteiger partial charge in [-0.1, -0.05) is 19.9 Å². The Morgan fingerprint density at radius 1 is 1.35 bits per heavy atom. The van der Waals surface area contributed by atoms with E-state index in [2.05, 4.69) is 19.9 Å². The fourth-order valence-corrected chi connectivity index (χ4v) is 3.20. The molecule has 0 saturated heterocycles. The predicted molar refractivity (Wildman–Crippen MR) is 97.0 cm³/mol. The molecule has 1 aliphatic heterocycles. The predicted octanol–water partition coefficient (Wildman–Crippen LogP) is 1.70. The van der Waals surface area contributed by atoms with Gasteiger partial charge in [-0.3, -0.25) is 14.6 Å². The second kappa shape index (κ2) is 7.68. The van der Waals surface area contributed by atoms with E-state index in [-0.39, 0.29) is 30.2 Å². The fraction of sp³-hybridized carbons (Fsp3) is 0.474. The van der Waals surface area contributed by atoms with Crippen LogP contribution in [0.15, 0.2) is 30.7 Å². The number of pyridine rings is 1. The fourth-order valence-electron chi connectivity index (χ4n) is 3.20. The number of aromatic nitrogens is 3. The van der Waals surface area contributed by atoms with E-state index in [9.17, 15) is 9.59 Å². The molecule has 3 heterocycles. The average Bonchev–Trinajstić information content (AvgIpc) is 3.04. The van der Waals surface area contributed by atoms with Gasteiger partial charge < -0.3 is 14.8 Å². The summed E-state index contributed by atoms with van der Waals surface area (Å²) >= 11 is 0. The zero-order valence-electron chi connectivity index (χ0n) is 15.5. The van der Waals surface area contributed by atoms with Crippen molar-refractivity contribution in [3.05, 3.63) is 47.8 Å². The van der Waals surface area contributed by atoms with Crippen molar-refractivity contribution >= 4 is 11.8 Å². The van der Waals surface area contributed by atoms with Crippen molar-refractivity contribution in [2.45, 2.75) is 46.3 Å². The number of hydrogen-bond acceptors (Lipinski definition) is 4. The number of carbonyl (C=O) groups excluding carboxylic acids is 2. The lowest BCUT2D eigenvalue weighted by Gasteiger charge is -2.34. The van der Waals surface area contributed by atoms with Crippen molar-refractivity contribution in [2.75, 3.05) is 6.54 Å². The Hall–Kier alpha value is -2.70. The normalized spacial score (nSPS) is 16.5. The minimum atomic E-state index is -0.0779. The van der Waals surface area contributed by atoms with Gasteiger partial charge in [-0.2, -0.15) is 0 Å². The van der Waals surface area contributed by atoms with Gasteiger partial charge in [-0.15, -0.1) is 0 Å². The van der Waals surface area contributed by atoms with E-state index in [4.69, 9.17) is 0 Å². The zero-order valence-corrected chi connectivity index (χ0v) is 15.5. The lowest BCUT2D eigenvalue weighted by atomic mass is 10.1. The van der Waals surface area contributed by atoms with Crippen LogP contribution in [0.1, 0.15) is 43.9 Å². The SMILES string of the molecule is CC(C)C(=O)N1CCn2cc(CC(=O)NCc3cccnc3)nc2C1C. The molecule has 0 bridgehead atoms. The average molecular weight is 355 g/mol. The molecule has 7 nitrogen and oxygen atoms in total. The molecule has 1 atom stereocenters. The van der Waals surface area contributed by atoms with E-state index in [1.807, 2.05) is 44.0 Å². The molecule has 138 valence electrons. The second-order valence-electron chi connectivity index (χ2n) is 6.96. The highest BCUT2D eigenvalue weighted by atomic mass is 16.2. The van der Waals surface area contributed by atoms with Crippen LogP contribution in [-0.2, 0) is 29.1 Å². The number of amides is 2. The summed E-state index contributed by atoms with van der Waals surface area (Å²) in [7, 11) is 0. The quantitative estimate of drug-likeness (QED) is 0.885. The third-order valence-corrected chi connectivity index (χ3v) is 4.61. The van der Waals surface area contributed by atoms with Crippen LogP contribution in [0.25, 0.3) is 0 Å².